The van der Waals surface area contributed by atoms with Crippen LogP contribution in [0.2, 0.25) is 0 Å². The SMILES string of the molecule is CN(CC1CCCC1)C(=O)C1CCC(N)C1. The molecule has 0 spiro atoms. The van der Waals surface area contributed by atoms with Crippen molar-refractivity contribution in [2.75, 3.05) is 13.6 Å². The first-order valence-electron chi connectivity index (χ1n) is 6.67. The number of carbonyl (C=O) groups is 1. The van der Waals surface area contributed by atoms with Gasteiger partial charge in [-0.05, 0) is 38.0 Å². The second-order valence-electron chi connectivity index (χ2n) is 5.64. The summed E-state index contributed by atoms with van der Waals surface area (Å²) in [6.07, 6.45) is 8.22. The fourth-order valence-corrected chi connectivity index (χ4v) is 3.22. The normalized spacial score (nSPS) is 30.9. The molecule has 2 fully saturated rings. The minimum Gasteiger partial charge on any atom is -0.345 e. The van der Waals surface area contributed by atoms with Crippen molar-refractivity contribution in [3.05, 3.63) is 0 Å². The molecule has 0 radical (unpaired) electrons. The highest BCUT2D eigenvalue weighted by Crippen LogP contribution is 2.28. The minimum absolute atomic E-state index is 0.210. The van der Waals surface area contributed by atoms with E-state index in [-0.39, 0.29) is 12.0 Å². The molecule has 3 nitrogen and oxygen atoms in total. The number of carbonyl (C=O) groups excluding carboxylic acids is 1. The van der Waals surface area contributed by atoms with Gasteiger partial charge in [-0.1, -0.05) is 12.8 Å². The summed E-state index contributed by atoms with van der Waals surface area (Å²) >= 11 is 0. The first kappa shape index (κ1) is 11.9. The fourth-order valence-electron chi connectivity index (χ4n) is 3.22. The highest BCUT2D eigenvalue weighted by Gasteiger charge is 2.30. The van der Waals surface area contributed by atoms with Crippen LogP contribution in [0.4, 0.5) is 0 Å². The highest BCUT2D eigenvalue weighted by molar-refractivity contribution is 5.79. The topological polar surface area (TPSA) is 46.3 Å². The molecule has 0 bridgehead atoms. The molecule has 2 aliphatic carbocycles. The number of rotatable bonds is 3. The van der Waals surface area contributed by atoms with Crippen molar-refractivity contribution in [1.29, 1.82) is 0 Å². The van der Waals surface area contributed by atoms with Gasteiger partial charge in [0, 0.05) is 25.6 Å². The second kappa shape index (κ2) is 5.17. The molecule has 0 heterocycles. The number of nitrogens with zero attached hydrogens (tertiary/aromatic N) is 1. The second-order valence-corrected chi connectivity index (χ2v) is 5.64. The molecule has 3 heteroatoms. The first-order chi connectivity index (χ1) is 7.66. The monoisotopic (exact) mass is 224 g/mol. The largest absolute Gasteiger partial charge is 0.345 e. The lowest BCUT2D eigenvalue weighted by molar-refractivity contribution is -0.134. The Bertz CT molecular complexity index is 248. The molecular formula is C13H24N2O. The van der Waals surface area contributed by atoms with Crippen LogP contribution in [0.5, 0.6) is 0 Å². The van der Waals surface area contributed by atoms with Gasteiger partial charge in [0.25, 0.3) is 0 Å². The van der Waals surface area contributed by atoms with Crippen molar-refractivity contribution in [3.63, 3.8) is 0 Å². The van der Waals surface area contributed by atoms with Crippen molar-refractivity contribution in [2.45, 2.75) is 51.0 Å². The maximum atomic E-state index is 12.1. The van der Waals surface area contributed by atoms with Crippen LogP contribution in [0.25, 0.3) is 0 Å². The molecule has 2 aliphatic rings. The Kier molecular flexibility index (Phi) is 3.85. The summed E-state index contributed by atoms with van der Waals surface area (Å²) in [5.74, 6) is 1.30. The van der Waals surface area contributed by atoms with Gasteiger partial charge in [-0.25, -0.2) is 0 Å². The Hall–Kier alpha value is -0.570. The summed E-state index contributed by atoms with van der Waals surface area (Å²) in [7, 11) is 1.96. The summed E-state index contributed by atoms with van der Waals surface area (Å²) in [4.78, 5) is 14.1. The van der Waals surface area contributed by atoms with Crippen LogP contribution in [0.3, 0.4) is 0 Å². The van der Waals surface area contributed by atoms with Crippen LogP contribution < -0.4 is 5.73 Å². The van der Waals surface area contributed by atoms with E-state index < -0.39 is 0 Å². The number of hydrogen-bond acceptors (Lipinski definition) is 2. The summed E-state index contributed by atoms with van der Waals surface area (Å²) < 4.78 is 0. The number of nitrogens with two attached hydrogens (primary N) is 1. The molecule has 16 heavy (non-hydrogen) atoms. The van der Waals surface area contributed by atoms with E-state index in [2.05, 4.69) is 0 Å². The molecule has 92 valence electrons. The Balaban J connectivity index is 1.79. The van der Waals surface area contributed by atoms with Crippen molar-refractivity contribution < 1.29 is 4.79 Å². The Labute approximate surface area is 98.4 Å². The van der Waals surface area contributed by atoms with Gasteiger partial charge in [0.15, 0.2) is 0 Å². The molecule has 2 rings (SSSR count). The van der Waals surface area contributed by atoms with E-state index in [0.29, 0.717) is 5.91 Å². The van der Waals surface area contributed by atoms with Crippen LogP contribution in [-0.2, 0) is 4.79 Å². The van der Waals surface area contributed by atoms with Gasteiger partial charge in [-0.3, -0.25) is 4.79 Å². The van der Waals surface area contributed by atoms with Gasteiger partial charge >= 0.3 is 0 Å². The molecule has 1 amide bonds. The molecule has 2 N–H and O–H groups in total. The van der Waals surface area contributed by atoms with E-state index in [9.17, 15) is 4.79 Å². The van der Waals surface area contributed by atoms with Crippen LogP contribution >= 0.6 is 0 Å². The molecule has 0 saturated heterocycles. The maximum Gasteiger partial charge on any atom is 0.225 e. The third-order valence-electron chi connectivity index (χ3n) is 4.21. The first-order valence-corrected chi connectivity index (χ1v) is 6.67. The molecular weight excluding hydrogens is 200 g/mol. The van der Waals surface area contributed by atoms with Crippen molar-refractivity contribution in [2.24, 2.45) is 17.6 Å². The summed E-state index contributed by atoms with van der Waals surface area (Å²) in [6.45, 7) is 0.963. The lowest BCUT2D eigenvalue weighted by Crippen LogP contribution is -2.35. The van der Waals surface area contributed by atoms with Crippen LogP contribution in [0, 0.1) is 11.8 Å². The van der Waals surface area contributed by atoms with Gasteiger partial charge in [-0.2, -0.15) is 0 Å². The standard InChI is InChI=1S/C13H24N2O/c1-15(9-10-4-2-3-5-10)13(16)11-6-7-12(14)8-11/h10-12H,2-9,14H2,1H3. The molecule has 0 aromatic heterocycles. The molecule has 0 aromatic rings. The highest BCUT2D eigenvalue weighted by atomic mass is 16.2. The zero-order valence-corrected chi connectivity index (χ0v) is 10.3. The zero-order valence-electron chi connectivity index (χ0n) is 10.3. The van der Waals surface area contributed by atoms with Gasteiger partial charge in [0.2, 0.25) is 5.91 Å². The van der Waals surface area contributed by atoms with Crippen LogP contribution in [0.15, 0.2) is 0 Å². The van der Waals surface area contributed by atoms with Crippen LogP contribution in [-0.4, -0.2) is 30.4 Å². The third-order valence-corrected chi connectivity index (χ3v) is 4.21. The Morgan fingerprint density at radius 3 is 2.50 bits per heavy atom. The molecule has 2 atom stereocenters. The average molecular weight is 224 g/mol. The summed E-state index contributed by atoms with van der Waals surface area (Å²) in [5.41, 5.74) is 5.86. The third kappa shape index (κ3) is 2.76. The summed E-state index contributed by atoms with van der Waals surface area (Å²) in [6, 6.07) is 0.258. The van der Waals surface area contributed by atoms with Crippen LogP contribution in [0.1, 0.15) is 44.9 Å². The van der Waals surface area contributed by atoms with E-state index >= 15 is 0 Å². The average Bonchev–Trinajstić information content (AvgIpc) is 2.88. The van der Waals surface area contributed by atoms with E-state index in [0.717, 1.165) is 31.7 Å². The quantitative estimate of drug-likeness (QED) is 0.794. The van der Waals surface area contributed by atoms with Gasteiger partial charge in [-0.15, -0.1) is 0 Å². The Morgan fingerprint density at radius 2 is 1.94 bits per heavy atom. The number of hydrogen-bond donors (Lipinski definition) is 1. The Morgan fingerprint density at radius 1 is 1.25 bits per heavy atom. The molecule has 2 saturated carbocycles. The van der Waals surface area contributed by atoms with Gasteiger partial charge in [0.1, 0.15) is 0 Å². The summed E-state index contributed by atoms with van der Waals surface area (Å²) in [5, 5.41) is 0. The predicted octanol–water partition coefficient (Wildman–Crippen LogP) is 1.76. The predicted molar refractivity (Wildman–Crippen MR) is 64.9 cm³/mol. The maximum absolute atomic E-state index is 12.1. The smallest absolute Gasteiger partial charge is 0.225 e. The zero-order chi connectivity index (χ0) is 11.5. The minimum atomic E-state index is 0.210. The molecule has 2 unspecified atom stereocenters. The van der Waals surface area contributed by atoms with E-state index in [1.54, 1.807) is 0 Å². The van der Waals surface area contributed by atoms with E-state index in [4.69, 9.17) is 5.73 Å². The van der Waals surface area contributed by atoms with E-state index in [1.165, 1.54) is 25.7 Å². The van der Waals surface area contributed by atoms with Crippen molar-refractivity contribution >= 4 is 5.91 Å². The van der Waals surface area contributed by atoms with Gasteiger partial charge in [0.05, 0.1) is 0 Å². The number of amides is 1. The molecule has 0 aliphatic heterocycles. The van der Waals surface area contributed by atoms with E-state index in [1.807, 2.05) is 11.9 Å². The molecule has 0 aromatic carbocycles. The van der Waals surface area contributed by atoms with Crippen molar-refractivity contribution in [3.8, 4) is 0 Å². The lowest BCUT2D eigenvalue weighted by Gasteiger charge is -2.24. The fraction of sp³-hybridized carbons (Fsp3) is 0.923. The van der Waals surface area contributed by atoms with Crippen molar-refractivity contribution in [1.82, 2.24) is 4.90 Å². The lowest BCUT2D eigenvalue weighted by atomic mass is 10.0. The van der Waals surface area contributed by atoms with Gasteiger partial charge < -0.3 is 10.6 Å².